The van der Waals surface area contributed by atoms with E-state index in [2.05, 4.69) is 29.4 Å². The maximum Gasteiger partial charge on any atom is 0.249 e. The molecule has 0 radical (unpaired) electrons. The first kappa shape index (κ1) is 40.6. The van der Waals surface area contributed by atoms with Crippen LogP contribution in [0.25, 0.3) is 11.1 Å². The number of carbonyl (C=O) groups excluding carboxylic acids is 4. The van der Waals surface area contributed by atoms with Crippen LogP contribution < -0.4 is 15.4 Å². The zero-order valence-electron chi connectivity index (χ0n) is 33.0. The molecule has 2 saturated heterocycles. The molecule has 0 aliphatic carbocycles. The van der Waals surface area contributed by atoms with Crippen LogP contribution in [0.3, 0.4) is 0 Å². The number of amides is 4. The van der Waals surface area contributed by atoms with Gasteiger partial charge < -0.3 is 25.2 Å². The van der Waals surface area contributed by atoms with Gasteiger partial charge in [-0.2, -0.15) is 0 Å². The third-order valence-electron chi connectivity index (χ3n) is 10.5. The smallest absolute Gasteiger partial charge is 0.249 e. The Hall–Kier alpha value is -4.18. The summed E-state index contributed by atoms with van der Waals surface area (Å²) >= 11 is 0. The van der Waals surface area contributed by atoms with Crippen molar-refractivity contribution >= 4 is 29.3 Å². The lowest BCUT2D eigenvalue weighted by Gasteiger charge is -2.41. The van der Waals surface area contributed by atoms with Crippen molar-refractivity contribution in [2.75, 3.05) is 32.6 Å². The zero-order chi connectivity index (χ0) is 38.3. The van der Waals surface area contributed by atoms with Gasteiger partial charge in [0.2, 0.25) is 23.6 Å². The summed E-state index contributed by atoms with van der Waals surface area (Å²) in [6, 6.07) is 13.7. The van der Waals surface area contributed by atoms with Crippen LogP contribution >= 0.6 is 0 Å². The lowest BCUT2D eigenvalue weighted by Crippen LogP contribution is -2.60. The fourth-order valence-corrected chi connectivity index (χ4v) is 7.51. The van der Waals surface area contributed by atoms with E-state index in [1.165, 1.54) is 0 Å². The normalized spacial score (nSPS) is 19.7. The van der Waals surface area contributed by atoms with Crippen molar-refractivity contribution < 1.29 is 23.9 Å². The van der Waals surface area contributed by atoms with Crippen molar-refractivity contribution in [2.24, 2.45) is 11.3 Å². The molecule has 2 aromatic rings. The number of likely N-dealkylation sites (tertiary alicyclic amines) is 2. The second-order valence-corrected chi connectivity index (χ2v) is 16.1. The van der Waals surface area contributed by atoms with Crippen LogP contribution in [0.2, 0.25) is 0 Å². The van der Waals surface area contributed by atoms with Crippen LogP contribution in [0.5, 0.6) is 5.75 Å². The molecule has 2 N–H and O–H groups in total. The summed E-state index contributed by atoms with van der Waals surface area (Å²) in [4.78, 5) is 61.3. The molecule has 2 heterocycles. The minimum absolute atomic E-state index is 0.0233. The molecule has 4 amide bonds. The summed E-state index contributed by atoms with van der Waals surface area (Å²) in [5.74, 6) is -0.305. The van der Waals surface area contributed by atoms with E-state index in [4.69, 9.17) is 4.74 Å². The number of ether oxygens (including phenoxy) is 1. The SMILES string of the molecule is COc1ccc(-c2ccccc2)cc1NC(=O)[C@@H]1CCCN1C(=O)C(C)=C[C@H](C(C)C)N(C)C(=O)[C@@H](NC(=O)C1CCCCN1C(C)C)C(C)(C)C. The number of rotatable bonds is 12. The van der Waals surface area contributed by atoms with E-state index in [1.54, 1.807) is 30.9 Å². The molecule has 1 unspecified atom stereocenters. The Labute approximate surface area is 311 Å². The van der Waals surface area contributed by atoms with Gasteiger partial charge in [0.25, 0.3) is 0 Å². The Kier molecular flexibility index (Phi) is 13.7. The van der Waals surface area contributed by atoms with Crippen LogP contribution in [0, 0.1) is 11.3 Å². The average molecular weight is 716 g/mol. The summed E-state index contributed by atoms with van der Waals surface area (Å²) in [7, 11) is 3.31. The second kappa shape index (κ2) is 17.6. The Balaban J connectivity index is 1.51. The number of hydrogen-bond acceptors (Lipinski definition) is 6. The summed E-state index contributed by atoms with van der Waals surface area (Å²) in [5.41, 5.74) is 2.41. The lowest BCUT2D eigenvalue weighted by atomic mass is 9.84. The standard InChI is InChI=1S/C42H61N5O5/c1-27(2)35(45(9)41(51)37(42(6,7)8)44-39(49)33-19-14-15-23-46(33)28(3)4)25-29(5)40(50)47-24-16-20-34(47)38(48)43-32-26-31(21-22-36(32)52-10)30-17-12-11-13-18-30/h11-13,17-18,21-22,25-28,33-35,37H,14-16,19-20,23-24H2,1-10H3,(H,43,48)(H,44,49)/t33?,34-,35+,37+/m0/s1. The highest BCUT2D eigenvalue weighted by Crippen LogP contribution is 2.32. The van der Waals surface area contributed by atoms with E-state index >= 15 is 0 Å². The average Bonchev–Trinajstić information content (AvgIpc) is 3.62. The number of piperidine rings is 1. The quantitative estimate of drug-likeness (QED) is 0.243. The largest absolute Gasteiger partial charge is 0.495 e. The number of carbonyl (C=O) groups is 4. The molecule has 52 heavy (non-hydrogen) atoms. The molecule has 4 rings (SSSR count). The minimum Gasteiger partial charge on any atom is -0.495 e. The molecular weight excluding hydrogens is 654 g/mol. The summed E-state index contributed by atoms with van der Waals surface area (Å²) < 4.78 is 5.56. The predicted molar refractivity (Wildman–Crippen MR) is 208 cm³/mol. The Morgan fingerprint density at radius 1 is 0.885 bits per heavy atom. The van der Waals surface area contributed by atoms with E-state index < -0.39 is 23.5 Å². The van der Waals surface area contributed by atoms with E-state index in [9.17, 15) is 19.2 Å². The molecule has 0 aromatic heterocycles. The van der Waals surface area contributed by atoms with Crippen LogP contribution in [-0.4, -0.2) is 95.8 Å². The summed E-state index contributed by atoms with van der Waals surface area (Å²) in [6.07, 6.45) is 5.90. The second-order valence-electron chi connectivity index (χ2n) is 16.1. The number of methoxy groups -OCH3 is 1. The maximum atomic E-state index is 14.3. The van der Waals surface area contributed by atoms with Gasteiger partial charge >= 0.3 is 0 Å². The number of anilines is 1. The predicted octanol–water partition coefficient (Wildman–Crippen LogP) is 6.51. The molecule has 10 nitrogen and oxygen atoms in total. The van der Waals surface area contributed by atoms with Gasteiger partial charge in [-0.25, -0.2) is 0 Å². The van der Waals surface area contributed by atoms with E-state index in [1.807, 2.05) is 89.2 Å². The number of nitrogens with one attached hydrogen (secondary N) is 2. The molecular formula is C42H61N5O5. The first-order valence-electron chi connectivity index (χ1n) is 18.9. The zero-order valence-corrected chi connectivity index (χ0v) is 33.0. The highest BCUT2D eigenvalue weighted by molar-refractivity contribution is 6.02. The van der Waals surface area contributed by atoms with Gasteiger partial charge in [-0.15, -0.1) is 0 Å². The molecule has 2 aliphatic heterocycles. The Bertz CT molecular complexity index is 1600. The molecule has 284 valence electrons. The van der Waals surface area contributed by atoms with Crippen molar-refractivity contribution in [2.45, 2.75) is 118 Å². The molecule has 10 heteroatoms. The van der Waals surface area contributed by atoms with E-state index in [0.717, 1.165) is 36.9 Å². The first-order chi connectivity index (χ1) is 24.5. The highest BCUT2D eigenvalue weighted by Gasteiger charge is 2.40. The Morgan fingerprint density at radius 2 is 1.56 bits per heavy atom. The van der Waals surface area contributed by atoms with Crippen molar-refractivity contribution in [3.8, 4) is 16.9 Å². The monoisotopic (exact) mass is 715 g/mol. The maximum absolute atomic E-state index is 14.3. The number of nitrogens with zero attached hydrogens (tertiary/aromatic N) is 3. The molecule has 4 atom stereocenters. The van der Waals surface area contributed by atoms with Crippen LogP contribution in [0.15, 0.2) is 60.2 Å². The van der Waals surface area contributed by atoms with Gasteiger partial charge in [0.15, 0.2) is 0 Å². The van der Waals surface area contributed by atoms with Gasteiger partial charge in [0, 0.05) is 25.2 Å². The third-order valence-corrected chi connectivity index (χ3v) is 10.5. The summed E-state index contributed by atoms with van der Waals surface area (Å²) in [5, 5.41) is 6.18. The molecule has 0 bridgehead atoms. The topological polar surface area (TPSA) is 111 Å². The fourth-order valence-electron chi connectivity index (χ4n) is 7.51. The first-order valence-corrected chi connectivity index (χ1v) is 18.9. The van der Waals surface area contributed by atoms with E-state index in [-0.39, 0.29) is 41.6 Å². The van der Waals surface area contributed by atoms with Crippen LogP contribution in [0.4, 0.5) is 5.69 Å². The molecule has 0 spiro atoms. The number of hydrogen-bond donors (Lipinski definition) is 2. The van der Waals surface area contributed by atoms with Crippen LogP contribution in [-0.2, 0) is 19.2 Å². The lowest BCUT2D eigenvalue weighted by molar-refractivity contribution is -0.142. The van der Waals surface area contributed by atoms with Crippen LogP contribution in [0.1, 0.15) is 87.5 Å². The molecule has 2 aliphatic rings. The fraction of sp³-hybridized carbons (Fsp3) is 0.571. The molecule has 2 aromatic carbocycles. The third kappa shape index (κ3) is 9.62. The van der Waals surface area contributed by atoms with Crippen molar-refractivity contribution in [1.29, 1.82) is 0 Å². The molecule has 2 fully saturated rings. The van der Waals surface area contributed by atoms with Crippen molar-refractivity contribution in [1.82, 2.24) is 20.0 Å². The Morgan fingerprint density at radius 3 is 2.17 bits per heavy atom. The number of benzene rings is 2. The van der Waals surface area contributed by atoms with Crippen molar-refractivity contribution in [3.05, 3.63) is 60.2 Å². The van der Waals surface area contributed by atoms with Gasteiger partial charge in [0.1, 0.15) is 17.8 Å². The van der Waals surface area contributed by atoms with Crippen molar-refractivity contribution in [3.63, 3.8) is 0 Å². The number of likely N-dealkylation sites (N-methyl/N-ethyl adjacent to an activating group) is 1. The highest BCUT2D eigenvalue weighted by atomic mass is 16.5. The molecule has 0 saturated carbocycles. The van der Waals surface area contributed by atoms with E-state index in [0.29, 0.717) is 36.4 Å². The van der Waals surface area contributed by atoms with Gasteiger partial charge in [-0.3, -0.25) is 24.1 Å². The van der Waals surface area contributed by atoms with Gasteiger partial charge in [0.05, 0.1) is 24.9 Å². The van der Waals surface area contributed by atoms with Gasteiger partial charge in [-0.1, -0.05) is 83.5 Å². The summed E-state index contributed by atoms with van der Waals surface area (Å²) in [6.45, 7) is 17.2. The van der Waals surface area contributed by atoms with Gasteiger partial charge in [-0.05, 0) is 87.6 Å². The minimum atomic E-state index is -0.754.